The van der Waals surface area contributed by atoms with Gasteiger partial charge in [0, 0.05) is 0 Å². The van der Waals surface area contributed by atoms with Crippen LogP contribution >= 0.6 is 0 Å². The van der Waals surface area contributed by atoms with Gasteiger partial charge in [0.15, 0.2) is 0 Å². The Balaban J connectivity index is 3.17. The molecule has 0 saturated carbocycles. The summed E-state index contributed by atoms with van der Waals surface area (Å²) in [5.74, 6) is -1.51. The number of carbonyl (C=O) groups is 1. The van der Waals surface area contributed by atoms with Crippen molar-refractivity contribution in [2.75, 3.05) is 5.32 Å². The fourth-order valence-corrected chi connectivity index (χ4v) is 1.76. The first kappa shape index (κ1) is 14.0. The molecule has 0 aromatic heterocycles. The summed E-state index contributed by atoms with van der Waals surface area (Å²) in [5.41, 5.74) is -0.698. The van der Waals surface area contributed by atoms with Crippen LogP contribution in [-0.2, 0) is 4.79 Å². The van der Waals surface area contributed by atoms with Crippen molar-refractivity contribution in [2.24, 2.45) is 0 Å². The molecule has 0 spiro atoms. The molecule has 18 heavy (non-hydrogen) atoms. The third-order valence-electron chi connectivity index (χ3n) is 3.09. The van der Waals surface area contributed by atoms with Crippen molar-refractivity contribution in [3.63, 3.8) is 0 Å². The van der Waals surface area contributed by atoms with E-state index >= 15 is 0 Å². The number of benzene rings is 1. The number of nitriles is 1. The molecule has 1 rings (SSSR count). The highest BCUT2D eigenvalue weighted by molar-refractivity contribution is 5.83. The molecular formula is C13H15FN2O2. The van der Waals surface area contributed by atoms with Gasteiger partial charge in [-0.2, -0.15) is 5.26 Å². The van der Waals surface area contributed by atoms with Crippen LogP contribution in [0.5, 0.6) is 0 Å². The Morgan fingerprint density at radius 2 is 2.11 bits per heavy atom. The van der Waals surface area contributed by atoms with Gasteiger partial charge >= 0.3 is 5.97 Å². The first-order chi connectivity index (χ1) is 8.49. The van der Waals surface area contributed by atoms with Gasteiger partial charge in [0.05, 0.1) is 11.3 Å². The predicted octanol–water partition coefficient (Wildman–Crippen LogP) is 2.75. The largest absolute Gasteiger partial charge is 0.480 e. The van der Waals surface area contributed by atoms with E-state index in [0.29, 0.717) is 18.5 Å². The van der Waals surface area contributed by atoms with Crippen LogP contribution in [0.1, 0.15) is 32.3 Å². The summed E-state index contributed by atoms with van der Waals surface area (Å²) in [6.07, 6.45) is 0.724. The average Bonchev–Trinajstić information content (AvgIpc) is 2.37. The maximum atomic E-state index is 13.0. The number of aliphatic carboxylic acids is 1. The summed E-state index contributed by atoms with van der Waals surface area (Å²) in [6.45, 7) is 3.50. The molecule has 0 amide bonds. The van der Waals surface area contributed by atoms with E-state index in [1.807, 2.05) is 6.07 Å². The van der Waals surface area contributed by atoms with Crippen molar-refractivity contribution < 1.29 is 14.3 Å². The zero-order valence-electron chi connectivity index (χ0n) is 10.3. The molecule has 0 radical (unpaired) electrons. The maximum absolute atomic E-state index is 13.0. The molecule has 0 bridgehead atoms. The Morgan fingerprint density at radius 1 is 1.50 bits per heavy atom. The molecule has 2 N–H and O–H groups in total. The van der Waals surface area contributed by atoms with Crippen LogP contribution in [0.4, 0.5) is 10.1 Å². The van der Waals surface area contributed by atoms with Gasteiger partial charge in [-0.05, 0) is 31.0 Å². The topological polar surface area (TPSA) is 73.1 Å². The molecule has 0 unspecified atom stereocenters. The monoisotopic (exact) mass is 250 g/mol. The van der Waals surface area contributed by atoms with Gasteiger partial charge in [0.25, 0.3) is 0 Å². The first-order valence-electron chi connectivity index (χ1n) is 5.70. The van der Waals surface area contributed by atoms with E-state index in [-0.39, 0.29) is 5.56 Å². The highest BCUT2D eigenvalue weighted by Gasteiger charge is 2.35. The lowest BCUT2D eigenvalue weighted by Gasteiger charge is -2.29. The molecule has 0 aliphatic carbocycles. The zero-order chi connectivity index (χ0) is 13.8. The number of anilines is 1. The molecule has 1 aromatic rings. The number of carboxylic acids is 1. The van der Waals surface area contributed by atoms with Crippen LogP contribution in [0.2, 0.25) is 0 Å². The highest BCUT2D eigenvalue weighted by Crippen LogP contribution is 2.25. The van der Waals surface area contributed by atoms with Crippen LogP contribution in [0.15, 0.2) is 18.2 Å². The quantitative estimate of drug-likeness (QED) is 0.842. The summed E-state index contributed by atoms with van der Waals surface area (Å²) < 4.78 is 13.0. The number of hydrogen-bond donors (Lipinski definition) is 2. The lowest BCUT2D eigenvalue weighted by molar-refractivity contribution is -0.142. The molecule has 0 heterocycles. The summed E-state index contributed by atoms with van der Waals surface area (Å²) in [5, 5.41) is 21.1. The summed E-state index contributed by atoms with van der Waals surface area (Å²) >= 11 is 0. The van der Waals surface area contributed by atoms with Gasteiger partial charge in [-0.25, -0.2) is 9.18 Å². The van der Waals surface area contributed by atoms with Crippen molar-refractivity contribution >= 4 is 11.7 Å². The van der Waals surface area contributed by atoms with Crippen molar-refractivity contribution in [3.8, 4) is 6.07 Å². The van der Waals surface area contributed by atoms with Gasteiger partial charge in [-0.1, -0.05) is 13.8 Å². The van der Waals surface area contributed by atoms with Crippen molar-refractivity contribution in [1.29, 1.82) is 5.26 Å². The number of carboxylic acid groups (broad SMARTS) is 1. The van der Waals surface area contributed by atoms with E-state index in [9.17, 15) is 14.3 Å². The Morgan fingerprint density at radius 3 is 2.56 bits per heavy atom. The van der Waals surface area contributed by atoms with Gasteiger partial charge < -0.3 is 10.4 Å². The lowest BCUT2D eigenvalue weighted by Crippen LogP contribution is -2.45. The van der Waals surface area contributed by atoms with E-state index in [4.69, 9.17) is 5.26 Å². The van der Waals surface area contributed by atoms with Crippen molar-refractivity contribution in [2.45, 2.75) is 32.2 Å². The van der Waals surface area contributed by atoms with E-state index in [2.05, 4.69) is 5.32 Å². The summed E-state index contributed by atoms with van der Waals surface area (Å²) in [7, 11) is 0. The molecule has 0 saturated heterocycles. The van der Waals surface area contributed by atoms with E-state index in [0.717, 1.165) is 6.07 Å². The molecule has 5 heteroatoms. The molecule has 0 aliphatic heterocycles. The summed E-state index contributed by atoms with van der Waals surface area (Å²) in [4.78, 5) is 11.3. The number of nitrogens with zero attached hydrogens (tertiary/aromatic N) is 1. The van der Waals surface area contributed by atoms with Crippen LogP contribution in [0.25, 0.3) is 0 Å². The average molecular weight is 250 g/mol. The van der Waals surface area contributed by atoms with Gasteiger partial charge in [-0.15, -0.1) is 0 Å². The second-order valence-electron chi connectivity index (χ2n) is 4.02. The number of halogens is 1. The summed E-state index contributed by atoms with van der Waals surface area (Å²) in [6, 6.07) is 5.52. The van der Waals surface area contributed by atoms with E-state index < -0.39 is 17.3 Å². The SMILES string of the molecule is CCC(CC)(Nc1ccc(F)cc1C#N)C(=O)O. The van der Waals surface area contributed by atoms with Crippen LogP contribution in [-0.4, -0.2) is 16.6 Å². The minimum atomic E-state index is -1.14. The molecule has 0 aliphatic rings. The van der Waals surface area contributed by atoms with Gasteiger partial charge in [-0.3, -0.25) is 0 Å². The second-order valence-corrected chi connectivity index (χ2v) is 4.02. The number of hydrogen-bond acceptors (Lipinski definition) is 3. The van der Waals surface area contributed by atoms with Gasteiger partial charge in [0.2, 0.25) is 0 Å². The maximum Gasteiger partial charge on any atom is 0.329 e. The first-order valence-corrected chi connectivity index (χ1v) is 5.70. The van der Waals surface area contributed by atoms with Crippen LogP contribution in [0, 0.1) is 17.1 Å². The zero-order valence-corrected chi connectivity index (χ0v) is 10.3. The fraction of sp³-hybridized carbons (Fsp3) is 0.385. The number of rotatable bonds is 5. The standard InChI is InChI=1S/C13H15FN2O2/c1-3-13(4-2,12(17)18)16-11-6-5-10(14)7-9(11)8-15/h5-7,16H,3-4H2,1-2H3,(H,17,18). The van der Waals surface area contributed by atoms with Crippen LogP contribution < -0.4 is 5.32 Å². The van der Waals surface area contributed by atoms with Crippen molar-refractivity contribution in [3.05, 3.63) is 29.6 Å². The molecule has 4 nitrogen and oxygen atoms in total. The highest BCUT2D eigenvalue weighted by atomic mass is 19.1. The Hall–Kier alpha value is -2.09. The molecule has 0 fully saturated rings. The number of nitrogens with one attached hydrogen (secondary N) is 1. The fourth-order valence-electron chi connectivity index (χ4n) is 1.76. The van der Waals surface area contributed by atoms with Crippen LogP contribution in [0.3, 0.4) is 0 Å². The Kier molecular flexibility index (Phi) is 4.27. The molecule has 96 valence electrons. The van der Waals surface area contributed by atoms with E-state index in [1.54, 1.807) is 13.8 Å². The Labute approximate surface area is 105 Å². The third kappa shape index (κ3) is 2.59. The minimum absolute atomic E-state index is 0.0996. The normalized spacial score (nSPS) is 10.8. The van der Waals surface area contributed by atoms with E-state index in [1.165, 1.54) is 12.1 Å². The minimum Gasteiger partial charge on any atom is -0.480 e. The lowest BCUT2D eigenvalue weighted by atomic mass is 9.92. The second kappa shape index (κ2) is 5.50. The Bertz CT molecular complexity index is 490. The predicted molar refractivity (Wildman–Crippen MR) is 65.7 cm³/mol. The smallest absolute Gasteiger partial charge is 0.329 e. The molecular weight excluding hydrogens is 235 g/mol. The molecule has 0 atom stereocenters. The third-order valence-corrected chi connectivity index (χ3v) is 3.09. The van der Waals surface area contributed by atoms with Gasteiger partial charge in [0.1, 0.15) is 17.4 Å². The molecule has 1 aromatic carbocycles. The van der Waals surface area contributed by atoms with Crippen molar-refractivity contribution in [1.82, 2.24) is 0 Å².